The number of nitrogens with zero attached hydrogens (tertiary/aromatic N) is 1. The first-order valence-electron chi connectivity index (χ1n) is 5.10. The van der Waals surface area contributed by atoms with Gasteiger partial charge in [0.1, 0.15) is 5.82 Å². The van der Waals surface area contributed by atoms with E-state index in [1.807, 2.05) is 0 Å². The zero-order valence-electron chi connectivity index (χ0n) is 8.97. The van der Waals surface area contributed by atoms with Gasteiger partial charge in [0.15, 0.2) is 0 Å². The first-order valence-corrected chi connectivity index (χ1v) is 5.54. The van der Waals surface area contributed by atoms with Crippen LogP contribution in [0.2, 0.25) is 0 Å². The second kappa shape index (κ2) is 4.42. The maximum atomic E-state index is 13.1. The minimum absolute atomic E-state index is 0.0110. The number of amides is 1. The Morgan fingerprint density at radius 3 is 2.50 bits per heavy atom. The Morgan fingerprint density at radius 2 is 2.00 bits per heavy atom. The van der Waals surface area contributed by atoms with Crippen LogP contribution in [0.25, 0.3) is 0 Å². The lowest BCUT2D eigenvalue weighted by Gasteiger charge is -2.18. The summed E-state index contributed by atoms with van der Waals surface area (Å²) in [5.74, 6) is -1.73. The molecule has 0 saturated carbocycles. The second-order valence-corrected chi connectivity index (χ2v) is 4.58. The van der Waals surface area contributed by atoms with E-state index < -0.39 is 22.9 Å². The van der Waals surface area contributed by atoms with Crippen molar-refractivity contribution in [2.75, 3.05) is 11.4 Å². The van der Waals surface area contributed by atoms with Crippen LogP contribution in [0.3, 0.4) is 0 Å². The average Bonchev–Trinajstić information content (AvgIpc) is 2.57. The van der Waals surface area contributed by atoms with E-state index in [1.165, 1.54) is 0 Å². The highest BCUT2D eigenvalue weighted by molar-refractivity contribution is 6.24. The Bertz CT molecular complexity index is 488. The summed E-state index contributed by atoms with van der Waals surface area (Å²) in [5, 5.41) is -0.433. The second-order valence-electron chi connectivity index (χ2n) is 3.97. The molecule has 0 N–H and O–H groups in total. The molecule has 98 valence electrons. The third-order valence-electron chi connectivity index (χ3n) is 2.64. The summed E-state index contributed by atoms with van der Waals surface area (Å²) in [6, 6.07) is 2.46. The molecule has 0 aromatic heterocycles. The molecule has 1 aromatic carbocycles. The van der Waals surface area contributed by atoms with Crippen LogP contribution in [0.4, 0.5) is 23.2 Å². The topological polar surface area (TPSA) is 20.3 Å². The molecule has 1 saturated heterocycles. The van der Waals surface area contributed by atoms with E-state index in [0.717, 1.165) is 11.0 Å². The molecule has 1 heterocycles. The third kappa shape index (κ3) is 2.43. The first kappa shape index (κ1) is 13.1. The number of rotatable bonds is 1. The van der Waals surface area contributed by atoms with Crippen LogP contribution in [0, 0.1) is 5.82 Å². The Kier molecular flexibility index (Phi) is 3.23. The highest BCUT2D eigenvalue weighted by Crippen LogP contribution is 2.35. The predicted molar refractivity (Wildman–Crippen MR) is 58.0 cm³/mol. The van der Waals surface area contributed by atoms with Gasteiger partial charge in [-0.3, -0.25) is 4.79 Å². The van der Waals surface area contributed by atoms with E-state index in [-0.39, 0.29) is 24.6 Å². The fourth-order valence-corrected chi connectivity index (χ4v) is 2.08. The number of anilines is 1. The molecular weight excluding hydrogens is 274 g/mol. The number of benzene rings is 1. The van der Waals surface area contributed by atoms with Crippen LogP contribution in [-0.2, 0) is 11.0 Å². The van der Waals surface area contributed by atoms with Gasteiger partial charge in [-0.2, -0.15) is 13.2 Å². The van der Waals surface area contributed by atoms with Crippen molar-refractivity contribution in [1.82, 2.24) is 0 Å². The van der Waals surface area contributed by atoms with E-state index >= 15 is 0 Å². The van der Waals surface area contributed by atoms with E-state index in [0.29, 0.717) is 12.1 Å². The van der Waals surface area contributed by atoms with Gasteiger partial charge in [0.2, 0.25) is 5.91 Å². The van der Waals surface area contributed by atoms with Crippen molar-refractivity contribution < 1.29 is 22.4 Å². The number of hydrogen-bond donors (Lipinski definition) is 0. The van der Waals surface area contributed by atoms with Gasteiger partial charge in [0.25, 0.3) is 0 Å². The van der Waals surface area contributed by atoms with Crippen LogP contribution in [-0.4, -0.2) is 17.8 Å². The third-order valence-corrected chi connectivity index (χ3v) is 2.94. The molecule has 2 rings (SSSR count). The van der Waals surface area contributed by atoms with Crippen molar-refractivity contribution in [3.8, 4) is 0 Å². The van der Waals surface area contributed by atoms with E-state index in [2.05, 4.69) is 0 Å². The molecule has 1 aliphatic rings. The van der Waals surface area contributed by atoms with Crippen LogP contribution in [0.5, 0.6) is 0 Å². The van der Waals surface area contributed by atoms with E-state index in [9.17, 15) is 22.4 Å². The van der Waals surface area contributed by atoms with Crippen molar-refractivity contribution in [2.24, 2.45) is 0 Å². The summed E-state index contributed by atoms with van der Waals surface area (Å²) in [7, 11) is 0. The first-order chi connectivity index (χ1) is 8.29. The summed E-state index contributed by atoms with van der Waals surface area (Å²) in [6.45, 7) is 0.128. The Labute approximate surface area is 105 Å². The Balaban J connectivity index is 2.39. The number of carbonyl (C=O) groups is 1. The maximum Gasteiger partial charge on any atom is 0.419 e. The zero-order chi connectivity index (χ0) is 13.5. The molecule has 0 spiro atoms. The summed E-state index contributed by atoms with van der Waals surface area (Å²) >= 11 is 5.75. The normalized spacial score (nSPS) is 20.6. The lowest BCUT2D eigenvalue weighted by atomic mass is 10.1. The van der Waals surface area contributed by atoms with Gasteiger partial charge in [0, 0.05) is 18.7 Å². The average molecular weight is 282 g/mol. The molecule has 0 bridgehead atoms. The van der Waals surface area contributed by atoms with Crippen LogP contribution < -0.4 is 4.90 Å². The summed E-state index contributed by atoms with van der Waals surface area (Å²) < 4.78 is 50.6. The van der Waals surface area contributed by atoms with Gasteiger partial charge in [-0.1, -0.05) is 0 Å². The number of hydrogen-bond acceptors (Lipinski definition) is 1. The Hall–Kier alpha value is -1.30. The SMILES string of the molecule is O=C1CC(Cl)CN1c1ccc(F)c(C(F)(F)F)c1. The molecular formula is C11H8ClF4NO. The zero-order valence-corrected chi connectivity index (χ0v) is 9.72. The molecule has 0 aliphatic carbocycles. The fourth-order valence-electron chi connectivity index (χ4n) is 1.81. The van der Waals surface area contributed by atoms with Crippen molar-refractivity contribution in [3.05, 3.63) is 29.6 Å². The van der Waals surface area contributed by atoms with Crippen LogP contribution in [0.1, 0.15) is 12.0 Å². The van der Waals surface area contributed by atoms with E-state index in [4.69, 9.17) is 11.6 Å². The molecule has 18 heavy (non-hydrogen) atoms. The van der Waals surface area contributed by atoms with Crippen molar-refractivity contribution in [3.63, 3.8) is 0 Å². The smallest absolute Gasteiger partial charge is 0.311 e. The molecule has 7 heteroatoms. The van der Waals surface area contributed by atoms with Gasteiger partial charge in [0.05, 0.1) is 10.9 Å². The number of alkyl halides is 4. The molecule has 1 aliphatic heterocycles. The van der Waals surface area contributed by atoms with Crippen molar-refractivity contribution in [1.29, 1.82) is 0 Å². The molecule has 1 atom stereocenters. The van der Waals surface area contributed by atoms with Crippen molar-refractivity contribution >= 4 is 23.2 Å². The minimum Gasteiger partial charge on any atom is -0.311 e. The number of carbonyl (C=O) groups excluding carboxylic acids is 1. The fraction of sp³-hybridized carbons (Fsp3) is 0.364. The van der Waals surface area contributed by atoms with Gasteiger partial charge >= 0.3 is 6.18 Å². The van der Waals surface area contributed by atoms with Crippen LogP contribution >= 0.6 is 11.6 Å². The van der Waals surface area contributed by atoms with Crippen LogP contribution in [0.15, 0.2) is 18.2 Å². The monoisotopic (exact) mass is 281 g/mol. The quantitative estimate of drug-likeness (QED) is 0.572. The van der Waals surface area contributed by atoms with Gasteiger partial charge in [-0.05, 0) is 18.2 Å². The van der Waals surface area contributed by atoms with Crippen molar-refractivity contribution in [2.45, 2.75) is 18.0 Å². The molecule has 1 amide bonds. The molecule has 1 aromatic rings. The molecule has 1 unspecified atom stereocenters. The van der Waals surface area contributed by atoms with E-state index in [1.54, 1.807) is 0 Å². The summed E-state index contributed by atoms with van der Waals surface area (Å²) in [5.41, 5.74) is -1.37. The molecule has 0 radical (unpaired) electrons. The highest BCUT2D eigenvalue weighted by Gasteiger charge is 2.36. The largest absolute Gasteiger partial charge is 0.419 e. The standard InChI is InChI=1S/C11H8ClF4NO/c12-6-3-10(18)17(5-6)7-1-2-9(13)8(4-7)11(14,15)16/h1-2,4,6H,3,5H2. The molecule has 1 fully saturated rings. The lowest BCUT2D eigenvalue weighted by molar-refractivity contribution is -0.140. The predicted octanol–water partition coefficient (Wildman–Crippen LogP) is 3.19. The maximum absolute atomic E-state index is 13.1. The van der Waals surface area contributed by atoms with Gasteiger partial charge in [-0.25, -0.2) is 4.39 Å². The van der Waals surface area contributed by atoms with Gasteiger partial charge in [-0.15, -0.1) is 11.6 Å². The Morgan fingerprint density at radius 1 is 1.33 bits per heavy atom. The molecule has 2 nitrogen and oxygen atoms in total. The number of halogens is 5. The summed E-state index contributed by atoms with van der Waals surface area (Å²) in [6.07, 6.45) is -4.72. The minimum atomic E-state index is -4.79. The lowest BCUT2D eigenvalue weighted by Crippen LogP contribution is -2.25. The summed E-state index contributed by atoms with van der Waals surface area (Å²) in [4.78, 5) is 12.6. The van der Waals surface area contributed by atoms with Gasteiger partial charge < -0.3 is 4.90 Å². The highest BCUT2D eigenvalue weighted by atomic mass is 35.5.